The van der Waals surface area contributed by atoms with Crippen molar-refractivity contribution in [2.45, 2.75) is 12.7 Å². The Bertz CT molecular complexity index is 744. The molecule has 25 heavy (non-hydrogen) atoms. The SMILES string of the molecule is CN(Cc1ccc(C(F)(F)F)cc1)C(=O)COc1ccc(F)cc1F. The smallest absolute Gasteiger partial charge is 0.416 e. The van der Waals surface area contributed by atoms with Crippen molar-refractivity contribution in [1.82, 2.24) is 4.90 Å². The number of ether oxygens (including phenoxy) is 1. The summed E-state index contributed by atoms with van der Waals surface area (Å²) < 4.78 is 68.7. The maximum atomic E-state index is 13.4. The van der Waals surface area contributed by atoms with E-state index in [9.17, 15) is 26.7 Å². The van der Waals surface area contributed by atoms with Crippen LogP contribution < -0.4 is 4.74 Å². The highest BCUT2D eigenvalue weighted by molar-refractivity contribution is 5.77. The average Bonchev–Trinajstić information content (AvgIpc) is 2.53. The van der Waals surface area contributed by atoms with Crippen molar-refractivity contribution in [2.24, 2.45) is 0 Å². The summed E-state index contributed by atoms with van der Waals surface area (Å²) in [7, 11) is 1.43. The molecule has 134 valence electrons. The van der Waals surface area contributed by atoms with Gasteiger partial charge in [0.2, 0.25) is 0 Å². The second-order valence-electron chi connectivity index (χ2n) is 5.31. The third-order valence-electron chi connectivity index (χ3n) is 3.37. The van der Waals surface area contributed by atoms with Crippen LogP contribution >= 0.6 is 0 Å². The van der Waals surface area contributed by atoms with Crippen LogP contribution in [0.2, 0.25) is 0 Å². The van der Waals surface area contributed by atoms with E-state index >= 15 is 0 Å². The first-order valence-corrected chi connectivity index (χ1v) is 7.15. The lowest BCUT2D eigenvalue weighted by molar-refractivity contribution is -0.137. The van der Waals surface area contributed by atoms with Crippen LogP contribution in [0.15, 0.2) is 42.5 Å². The van der Waals surface area contributed by atoms with Gasteiger partial charge in [-0.15, -0.1) is 0 Å². The third-order valence-corrected chi connectivity index (χ3v) is 3.37. The molecule has 0 saturated heterocycles. The van der Waals surface area contributed by atoms with E-state index in [0.717, 1.165) is 24.3 Å². The van der Waals surface area contributed by atoms with Crippen LogP contribution in [0.1, 0.15) is 11.1 Å². The predicted octanol–water partition coefficient (Wildman–Crippen LogP) is 4.02. The molecule has 0 aromatic heterocycles. The van der Waals surface area contributed by atoms with E-state index in [1.807, 2.05) is 0 Å². The Morgan fingerprint density at radius 1 is 1.08 bits per heavy atom. The molecule has 0 bridgehead atoms. The zero-order chi connectivity index (χ0) is 18.6. The molecule has 0 atom stereocenters. The molecule has 0 aliphatic carbocycles. The molecule has 0 heterocycles. The minimum Gasteiger partial charge on any atom is -0.481 e. The fraction of sp³-hybridized carbons (Fsp3) is 0.235. The van der Waals surface area contributed by atoms with Crippen LogP contribution in [-0.2, 0) is 17.5 Å². The zero-order valence-corrected chi connectivity index (χ0v) is 13.1. The van der Waals surface area contributed by atoms with Gasteiger partial charge in [-0.05, 0) is 29.8 Å². The van der Waals surface area contributed by atoms with Gasteiger partial charge in [-0.3, -0.25) is 4.79 Å². The number of benzene rings is 2. The predicted molar refractivity (Wildman–Crippen MR) is 79.8 cm³/mol. The molecule has 0 unspecified atom stereocenters. The highest BCUT2D eigenvalue weighted by atomic mass is 19.4. The van der Waals surface area contributed by atoms with E-state index in [1.54, 1.807) is 0 Å². The minimum absolute atomic E-state index is 0.0617. The van der Waals surface area contributed by atoms with Gasteiger partial charge in [0.05, 0.1) is 5.56 Å². The number of alkyl halides is 3. The van der Waals surface area contributed by atoms with Gasteiger partial charge in [0.25, 0.3) is 5.91 Å². The van der Waals surface area contributed by atoms with Crippen molar-refractivity contribution in [1.29, 1.82) is 0 Å². The summed E-state index contributed by atoms with van der Waals surface area (Å²) >= 11 is 0. The van der Waals surface area contributed by atoms with Crippen LogP contribution in [0.4, 0.5) is 22.0 Å². The number of hydrogen-bond donors (Lipinski definition) is 0. The van der Waals surface area contributed by atoms with E-state index in [0.29, 0.717) is 11.6 Å². The highest BCUT2D eigenvalue weighted by Crippen LogP contribution is 2.29. The number of nitrogens with zero attached hydrogens (tertiary/aromatic N) is 1. The Morgan fingerprint density at radius 3 is 2.28 bits per heavy atom. The molecular formula is C17H14F5NO2. The van der Waals surface area contributed by atoms with Crippen molar-refractivity contribution >= 4 is 5.91 Å². The summed E-state index contributed by atoms with van der Waals surface area (Å²) in [4.78, 5) is 13.2. The Labute approximate surface area is 140 Å². The largest absolute Gasteiger partial charge is 0.481 e. The lowest BCUT2D eigenvalue weighted by atomic mass is 10.1. The van der Waals surface area contributed by atoms with E-state index in [4.69, 9.17) is 4.74 Å². The third kappa shape index (κ3) is 5.17. The van der Waals surface area contributed by atoms with Gasteiger partial charge in [0, 0.05) is 19.7 Å². The van der Waals surface area contributed by atoms with E-state index in [2.05, 4.69) is 0 Å². The quantitative estimate of drug-likeness (QED) is 0.755. The molecule has 0 fully saturated rings. The number of amides is 1. The van der Waals surface area contributed by atoms with Gasteiger partial charge >= 0.3 is 6.18 Å². The van der Waals surface area contributed by atoms with Gasteiger partial charge in [-0.2, -0.15) is 13.2 Å². The Morgan fingerprint density at radius 2 is 1.72 bits per heavy atom. The van der Waals surface area contributed by atoms with Crippen molar-refractivity contribution in [3.8, 4) is 5.75 Å². The molecule has 0 spiro atoms. The van der Waals surface area contributed by atoms with Gasteiger partial charge in [0.1, 0.15) is 5.82 Å². The number of carbonyl (C=O) groups excluding carboxylic acids is 1. The second kappa shape index (κ2) is 7.50. The first-order valence-electron chi connectivity index (χ1n) is 7.15. The van der Waals surface area contributed by atoms with Crippen LogP contribution in [0, 0.1) is 11.6 Å². The average molecular weight is 359 g/mol. The highest BCUT2D eigenvalue weighted by Gasteiger charge is 2.30. The van der Waals surface area contributed by atoms with Crippen molar-refractivity contribution < 1.29 is 31.5 Å². The lowest BCUT2D eigenvalue weighted by Gasteiger charge is -2.18. The molecule has 0 aliphatic heterocycles. The Balaban J connectivity index is 1.91. The van der Waals surface area contributed by atoms with E-state index in [-0.39, 0.29) is 12.3 Å². The lowest BCUT2D eigenvalue weighted by Crippen LogP contribution is -2.31. The standard InChI is InChI=1S/C17H14F5NO2/c1-23(9-11-2-4-12(5-3-11)17(20,21)22)16(24)10-25-15-7-6-13(18)8-14(15)19/h2-8H,9-10H2,1H3. The van der Waals surface area contributed by atoms with Crippen LogP contribution in [-0.4, -0.2) is 24.5 Å². The molecular weight excluding hydrogens is 345 g/mol. The summed E-state index contributed by atoms with van der Waals surface area (Å²) in [6.45, 7) is -0.425. The van der Waals surface area contributed by atoms with Crippen LogP contribution in [0.5, 0.6) is 5.75 Å². The van der Waals surface area contributed by atoms with E-state index < -0.39 is 35.9 Å². The minimum atomic E-state index is -4.42. The maximum Gasteiger partial charge on any atom is 0.416 e. The first kappa shape index (κ1) is 18.7. The summed E-state index contributed by atoms with van der Waals surface area (Å²) in [5, 5.41) is 0. The number of likely N-dealkylation sites (N-methyl/N-ethyl adjacent to an activating group) is 1. The number of halogens is 5. The van der Waals surface area contributed by atoms with Crippen LogP contribution in [0.25, 0.3) is 0 Å². The van der Waals surface area contributed by atoms with Gasteiger partial charge < -0.3 is 9.64 Å². The molecule has 0 saturated carbocycles. The topological polar surface area (TPSA) is 29.5 Å². The summed E-state index contributed by atoms with van der Waals surface area (Å²) in [6, 6.07) is 7.09. The monoisotopic (exact) mass is 359 g/mol. The molecule has 3 nitrogen and oxygen atoms in total. The number of hydrogen-bond acceptors (Lipinski definition) is 2. The molecule has 2 aromatic carbocycles. The van der Waals surface area contributed by atoms with Gasteiger partial charge in [-0.1, -0.05) is 12.1 Å². The fourth-order valence-corrected chi connectivity index (χ4v) is 2.00. The summed E-state index contributed by atoms with van der Waals surface area (Å²) in [5.41, 5.74) is -0.280. The molecule has 0 N–H and O–H groups in total. The maximum absolute atomic E-state index is 13.4. The molecule has 0 aliphatic rings. The molecule has 0 radical (unpaired) electrons. The normalized spacial score (nSPS) is 11.3. The number of carbonyl (C=O) groups is 1. The summed E-state index contributed by atoms with van der Waals surface area (Å²) in [5.74, 6) is -2.48. The fourth-order valence-electron chi connectivity index (χ4n) is 2.00. The van der Waals surface area contributed by atoms with Crippen LogP contribution in [0.3, 0.4) is 0 Å². The first-order chi connectivity index (χ1) is 11.7. The number of rotatable bonds is 5. The van der Waals surface area contributed by atoms with Crippen molar-refractivity contribution in [3.63, 3.8) is 0 Å². The van der Waals surface area contributed by atoms with Crippen molar-refractivity contribution in [2.75, 3.05) is 13.7 Å². The molecule has 2 rings (SSSR count). The Hall–Kier alpha value is -2.64. The second-order valence-corrected chi connectivity index (χ2v) is 5.31. The van der Waals surface area contributed by atoms with E-state index in [1.165, 1.54) is 24.1 Å². The summed E-state index contributed by atoms with van der Waals surface area (Å²) in [6.07, 6.45) is -4.42. The molecule has 1 amide bonds. The van der Waals surface area contributed by atoms with Crippen molar-refractivity contribution in [3.05, 3.63) is 65.2 Å². The zero-order valence-electron chi connectivity index (χ0n) is 13.1. The molecule has 8 heteroatoms. The van der Waals surface area contributed by atoms with Gasteiger partial charge in [-0.25, -0.2) is 8.78 Å². The Kier molecular flexibility index (Phi) is 5.61. The van der Waals surface area contributed by atoms with Gasteiger partial charge in [0.15, 0.2) is 18.2 Å². The molecule has 2 aromatic rings.